The molecule has 5 heteroatoms. The van der Waals surface area contributed by atoms with E-state index < -0.39 is 6.10 Å². The number of piperidine rings is 1. The van der Waals surface area contributed by atoms with Crippen molar-refractivity contribution in [3.8, 4) is 0 Å². The summed E-state index contributed by atoms with van der Waals surface area (Å²) in [5.74, 6) is -0.204. The number of amides is 1. The lowest BCUT2D eigenvalue weighted by Gasteiger charge is -2.34. The van der Waals surface area contributed by atoms with E-state index in [2.05, 4.69) is 10.2 Å². The third kappa shape index (κ3) is 4.87. The number of aliphatic hydroxyl groups excluding tert-OH is 1. The van der Waals surface area contributed by atoms with Crippen molar-refractivity contribution in [2.45, 2.75) is 18.9 Å². The highest BCUT2D eigenvalue weighted by molar-refractivity contribution is 5.92. The van der Waals surface area contributed by atoms with Gasteiger partial charge in [0, 0.05) is 5.69 Å². The first-order valence-electron chi connectivity index (χ1n) is 8.62. The predicted molar refractivity (Wildman–Crippen MR) is 95.6 cm³/mol. The number of halogens is 1. The summed E-state index contributed by atoms with van der Waals surface area (Å²) in [7, 11) is 0. The first-order valence-corrected chi connectivity index (χ1v) is 8.62. The van der Waals surface area contributed by atoms with Crippen LogP contribution in [-0.4, -0.2) is 35.5 Å². The average Bonchev–Trinajstić information content (AvgIpc) is 2.64. The van der Waals surface area contributed by atoms with Crippen LogP contribution in [-0.2, 0) is 4.79 Å². The molecule has 1 saturated heterocycles. The Hall–Kier alpha value is -2.24. The van der Waals surface area contributed by atoms with Crippen LogP contribution in [0.1, 0.15) is 24.5 Å². The van der Waals surface area contributed by atoms with Crippen LogP contribution in [0.15, 0.2) is 54.6 Å². The molecule has 0 radical (unpaired) electrons. The van der Waals surface area contributed by atoms with Crippen molar-refractivity contribution >= 4 is 11.6 Å². The van der Waals surface area contributed by atoms with E-state index in [0.717, 1.165) is 31.5 Å². The Morgan fingerprint density at radius 2 is 1.76 bits per heavy atom. The Bertz CT molecular complexity index is 683. The second-order valence-corrected chi connectivity index (χ2v) is 6.52. The van der Waals surface area contributed by atoms with Crippen LogP contribution in [0.3, 0.4) is 0 Å². The Kier molecular flexibility index (Phi) is 5.79. The van der Waals surface area contributed by atoms with E-state index in [1.165, 1.54) is 12.1 Å². The summed E-state index contributed by atoms with van der Waals surface area (Å²) in [4.78, 5) is 14.2. The minimum Gasteiger partial charge on any atom is -0.388 e. The minimum absolute atomic E-state index is 0.103. The highest BCUT2D eigenvalue weighted by Gasteiger charge is 2.26. The molecule has 1 aliphatic rings. The molecule has 4 nitrogen and oxygen atoms in total. The van der Waals surface area contributed by atoms with Gasteiger partial charge in [-0.3, -0.25) is 9.69 Å². The molecule has 2 aromatic rings. The van der Waals surface area contributed by atoms with Crippen molar-refractivity contribution in [3.63, 3.8) is 0 Å². The second kappa shape index (κ2) is 8.23. The lowest BCUT2D eigenvalue weighted by molar-refractivity contribution is -0.117. The molecule has 1 atom stereocenters. The minimum atomic E-state index is -0.448. The largest absolute Gasteiger partial charge is 0.388 e. The number of aliphatic hydroxyl groups is 1. The van der Waals surface area contributed by atoms with Gasteiger partial charge in [-0.2, -0.15) is 0 Å². The van der Waals surface area contributed by atoms with Gasteiger partial charge in [-0.15, -0.1) is 0 Å². The molecular formula is C20H23FN2O2. The molecule has 2 aromatic carbocycles. The van der Waals surface area contributed by atoms with E-state index in [0.29, 0.717) is 12.2 Å². The van der Waals surface area contributed by atoms with E-state index in [-0.39, 0.29) is 17.6 Å². The molecule has 2 N–H and O–H groups in total. The van der Waals surface area contributed by atoms with Gasteiger partial charge in [0.2, 0.25) is 5.91 Å². The van der Waals surface area contributed by atoms with Gasteiger partial charge in [0.15, 0.2) is 0 Å². The Morgan fingerprint density at radius 3 is 2.40 bits per heavy atom. The maximum atomic E-state index is 12.9. The van der Waals surface area contributed by atoms with Gasteiger partial charge in [0.05, 0.1) is 12.6 Å². The van der Waals surface area contributed by atoms with Crippen molar-refractivity contribution in [1.29, 1.82) is 0 Å². The van der Waals surface area contributed by atoms with E-state index in [9.17, 15) is 14.3 Å². The van der Waals surface area contributed by atoms with Gasteiger partial charge in [-0.1, -0.05) is 30.3 Å². The quantitative estimate of drug-likeness (QED) is 0.877. The molecule has 0 aliphatic carbocycles. The van der Waals surface area contributed by atoms with Gasteiger partial charge in [0.1, 0.15) is 5.82 Å². The van der Waals surface area contributed by atoms with Gasteiger partial charge in [-0.25, -0.2) is 4.39 Å². The van der Waals surface area contributed by atoms with E-state index >= 15 is 0 Å². The fourth-order valence-corrected chi connectivity index (χ4v) is 3.29. The predicted octanol–water partition coefficient (Wildman–Crippen LogP) is 3.21. The molecule has 1 heterocycles. The molecule has 1 aliphatic heterocycles. The Labute approximate surface area is 147 Å². The van der Waals surface area contributed by atoms with Crippen molar-refractivity contribution in [2.75, 3.05) is 25.0 Å². The van der Waals surface area contributed by atoms with Crippen molar-refractivity contribution in [3.05, 3.63) is 66.0 Å². The summed E-state index contributed by atoms with van der Waals surface area (Å²) in [6.07, 6.45) is 1.27. The van der Waals surface area contributed by atoms with Crippen LogP contribution in [0.2, 0.25) is 0 Å². The van der Waals surface area contributed by atoms with Gasteiger partial charge >= 0.3 is 0 Å². The van der Waals surface area contributed by atoms with Crippen molar-refractivity contribution in [1.82, 2.24) is 4.90 Å². The number of anilines is 1. The summed E-state index contributed by atoms with van der Waals surface area (Å²) in [6.45, 7) is 1.88. The number of nitrogens with one attached hydrogen (secondary N) is 1. The van der Waals surface area contributed by atoms with Crippen LogP contribution in [0.5, 0.6) is 0 Å². The SMILES string of the molecule is O=C(CN1CCC(C(O)c2ccccc2)CC1)Nc1ccc(F)cc1. The zero-order chi connectivity index (χ0) is 17.6. The number of hydrogen-bond donors (Lipinski definition) is 2. The maximum absolute atomic E-state index is 12.9. The standard InChI is InChI=1S/C20H23FN2O2/c21-17-6-8-18(9-7-17)22-19(24)14-23-12-10-16(11-13-23)20(25)15-4-2-1-3-5-15/h1-9,16,20,25H,10-14H2,(H,22,24). The third-order valence-corrected chi connectivity index (χ3v) is 4.72. The molecular weight excluding hydrogens is 319 g/mol. The van der Waals surface area contributed by atoms with Crippen LogP contribution >= 0.6 is 0 Å². The summed E-state index contributed by atoms with van der Waals surface area (Å²) >= 11 is 0. The first-order chi connectivity index (χ1) is 12.1. The molecule has 25 heavy (non-hydrogen) atoms. The molecule has 0 aromatic heterocycles. The van der Waals surface area contributed by atoms with Gasteiger partial charge < -0.3 is 10.4 Å². The zero-order valence-electron chi connectivity index (χ0n) is 14.1. The summed E-state index contributed by atoms with van der Waals surface area (Å²) < 4.78 is 12.9. The monoisotopic (exact) mass is 342 g/mol. The highest BCUT2D eigenvalue weighted by atomic mass is 19.1. The molecule has 1 amide bonds. The molecule has 1 fully saturated rings. The number of carbonyl (C=O) groups excluding carboxylic acids is 1. The highest BCUT2D eigenvalue weighted by Crippen LogP contribution is 2.30. The van der Waals surface area contributed by atoms with Gasteiger partial charge in [0.25, 0.3) is 0 Å². The van der Waals surface area contributed by atoms with Crippen molar-refractivity contribution in [2.24, 2.45) is 5.92 Å². The van der Waals surface area contributed by atoms with E-state index in [4.69, 9.17) is 0 Å². The Morgan fingerprint density at radius 1 is 1.12 bits per heavy atom. The molecule has 1 unspecified atom stereocenters. The normalized spacial score (nSPS) is 17.2. The lowest BCUT2D eigenvalue weighted by Crippen LogP contribution is -2.40. The summed E-state index contributed by atoms with van der Waals surface area (Å²) in [6, 6.07) is 15.5. The number of likely N-dealkylation sites (tertiary alicyclic amines) is 1. The topological polar surface area (TPSA) is 52.6 Å². The fraction of sp³-hybridized carbons (Fsp3) is 0.350. The van der Waals surface area contributed by atoms with Crippen LogP contribution in [0.25, 0.3) is 0 Å². The zero-order valence-corrected chi connectivity index (χ0v) is 14.1. The number of rotatable bonds is 5. The van der Waals surface area contributed by atoms with E-state index in [1.54, 1.807) is 12.1 Å². The smallest absolute Gasteiger partial charge is 0.238 e. The number of benzene rings is 2. The summed E-state index contributed by atoms with van der Waals surface area (Å²) in [5.41, 5.74) is 1.55. The third-order valence-electron chi connectivity index (χ3n) is 4.72. The van der Waals surface area contributed by atoms with Crippen LogP contribution < -0.4 is 5.32 Å². The van der Waals surface area contributed by atoms with Crippen LogP contribution in [0, 0.1) is 11.7 Å². The van der Waals surface area contributed by atoms with Crippen molar-refractivity contribution < 1.29 is 14.3 Å². The van der Waals surface area contributed by atoms with Crippen LogP contribution in [0.4, 0.5) is 10.1 Å². The fourth-order valence-electron chi connectivity index (χ4n) is 3.29. The number of carbonyl (C=O) groups is 1. The number of hydrogen-bond acceptors (Lipinski definition) is 3. The molecule has 0 spiro atoms. The maximum Gasteiger partial charge on any atom is 0.238 e. The molecule has 3 rings (SSSR count). The molecule has 0 bridgehead atoms. The second-order valence-electron chi connectivity index (χ2n) is 6.52. The first kappa shape index (κ1) is 17.6. The lowest BCUT2D eigenvalue weighted by atomic mass is 9.87. The van der Waals surface area contributed by atoms with Gasteiger partial charge in [-0.05, 0) is 61.7 Å². The van der Waals surface area contributed by atoms with E-state index in [1.807, 2.05) is 30.3 Å². The summed E-state index contributed by atoms with van der Waals surface area (Å²) in [5, 5.41) is 13.3. The number of nitrogens with zero attached hydrogens (tertiary/aromatic N) is 1. The average molecular weight is 342 g/mol. The molecule has 0 saturated carbocycles. The molecule has 132 valence electrons. The Balaban J connectivity index is 1.46.